The lowest BCUT2D eigenvalue weighted by atomic mass is 10.0. The lowest BCUT2D eigenvalue weighted by Crippen LogP contribution is -2.05. The highest BCUT2D eigenvalue weighted by Gasteiger charge is 2.10. The first-order valence-corrected chi connectivity index (χ1v) is 6.10. The Kier molecular flexibility index (Phi) is 5.01. The summed E-state index contributed by atoms with van der Waals surface area (Å²) < 4.78 is 5.47. The normalized spacial score (nSPS) is 10.6. The number of anilines is 1. The fourth-order valence-electron chi connectivity index (χ4n) is 1.55. The lowest BCUT2D eigenvalue weighted by Gasteiger charge is -2.10. The van der Waals surface area contributed by atoms with E-state index in [2.05, 4.69) is 0 Å². The molecule has 1 rings (SSSR count). The molecule has 0 aliphatic carbocycles. The van der Waals surface area contributed by atoms with Crippen molar-refractivity contribution < 1.29 is 9.53 Å². The van der Waals surface area contributed by atoms with Crippen LogP contribution < -0.4 is 10.5 Å². The number of nitrogens with two attached hydrogens (primary N) is 1. The summed E-state index contributed by atoms with van der Waals surface area (Å²) in [7, 11) is 0. The van der Waals surface area contributed by atoms with Gasteiger partial charge in [-0.25, -0.2) is 0 Å². The van der Waals surface area contributed by atoms with Crippen LogP contribution >= 0.6 is 0 Å². The Hall–Kier alpha value is -1.51. The third kappa shape index (κ3) is 4.10. The number of hydrogen-bond donors (Lipinski definition) is 1. The Morgan fingerprint density at radius 2 is 2.12 bits per heavy atom. The van der Waals surface area contributed by atoms with Gasteiger partial charge in [-0.2, -0.15) is 0 Å². The minimum Gasteiger partial charge on any atom is -0.491 e. The Labute approximate surface area is 103 Å². The third-order valence-corrected chi connectivity index (χ3v) is 2.39. The predicted molar refractivity (Wildman–Crippen MR) is 70.4 cm³/mol. The molecule has 0 bridgehead atoms. The van der Waals surface area contributed by atoms with Gasteiger partial charge in [0.1, 0.15) is 5.75 Å². The average molecular weight is 235 g/mol. The maximum absolute atomic E-state index is 11.8. The fraction of sp³-hybridized carbons (Fsp3) is 0.500. The first kappa shape index (κ1) is 13.6. The van der Waals surface area contributed by atoms with E-state index in [1.54, 1.807) is 18.2 Å². The molecule has 17 heavy (non-hydrogen) atoms. The van der Waals surface area contributed by atoms with Crippen LogP contribution in [0.15, 0.2) is 18.2 Å². The summed E-state index contributed by atoms with van der Waals surface area (Å²) in [5.41, 5.74) is 7.06. The second kappa shape index (κ2) is 6.28. The topological polar surface area (TPSA) is 52.3 Å². The summed E-state index contributed by atoms with van der Waals surface area (Å²) in [5, 5.41) is 0. The van der Waals surface area contributed by atoms with Crippen LogP contribution in [0.2, 0.25) is 0 Å². The number of nitrogen functional groups attached to an aromatic ring is 1. The highest BCUT2D eigenvalue weighted by molar-refractivity contribution is 5.97. The number of ketones is 1. The second-order valence-electron chi connectivity index (χ2n) is 4.62. The van der Waals surface area contributed by atoms with Gasteiger partial charge in [0.2, 0.25) is 0 Å². The molecule has 0 aliphatic rings. The summed E-state index contributed by atoms with van der Waals surface area (Å²) in [4.78, 5) is 11.8. The van der Waals surface area contributed by atoms with Gasteiger partial charge in [-0.15, -0.1) is 0 Å². The molecule has 0 amide bonds. The van der Waals surface area contributed by atoms with E-state index in [1.165, 1.54) is 0 Å². The summed E-state index contributed by atoms with van der Waals surface area (Å²) in [5.74, 6) is 1.15. The van der Waals surface area contributed by atoms with Crippen molar-refractivity contribution in [2.24, 2.45) is 5.92 Å². The molecule has 0 atom stereocenters. The maximum atomic E-state index is 11.8. The van der Waals surface area contributed by atoms with E-state index < -0.39 is 0 Å². The summed E-state index contributed by atoms with van der Waals surface area (Å²) in [6.07, 6.45) is 1.49. The number of hydrogen-bond acceptors (Lipinski definition) is 3. The van der Waals surface area contributed by atoms with Crippen molar-refractivity contribution in [2.45, 2.75) is 33.6 Å². The maximum Gasteiger partial charge on any atom is 0.163 e. The number of Topliss-reactive ketones (excluding diaryl/α,β-unsaturated/α-hetero) is 1. The van der Waals surface area contributed by atoms with E-state index in [9.17, 15) is 4.79 Å². The van der Waals surface area contributed by atoms with Gasteiger partial charge in [0, 0.05) is 12.0 Å². The largest absolute Gasteiger partial charge is 0.491 e. The minimum absolute atomic E-state index is 0.133. The zero-order chi connectivity index (χ0) is 12.8. The third-order valence-electron chi connectivity index (χ3n) is 2.39. The van der Waals surface area contributed by atoms with Gasteiger partial charge in [-0.1, -0.05) is 20.8 Å². The van der Waals surface area contributed by atoms with Crippen LogP contribution in [-0.4, -0.2) is 12.4 Å². The molecule has 1 aromatic carbocycles. The fourth-order valence-corrected chi connectivity index (χ4v) is 1.55. The molecule has 0 unspecified atom stereocenters. The molecule has 0 saturated heterocycles. The van der Waals surface area contributed by atoms with Crippen LogP contribution in [0, 0.1) is 5.92 Å². The molecule has 1 aromatic rings. The molecule has 3 nitrogen and oxygen atoms in total. The minimum atomic E-state index is 0.133. The summed E-state index contributed by atoms with van der Waals surface area (Å²) in [6, 6.07) is 5.26. The molecule has 0 spiro atoms. The Morgan fingerprint density at radius 1 is 1.41 bits per heavy atom. The van der Waals surface area contributed by atoms with Crippen molar-refractivity contribution in [2.75, 3.05) is 12.3 Å². The molecular weight excluding hydrogens is 214 g/mol. The van der Waals surface area contributed by atoms with Crippen molar-refractivity contribution in [1.82, 2.24) is 0 Å². The van der Waals surface area contributed by atoms with Gasteiger partial charge in [-0.05, 0) is 30.5 Å². The lowest BCUT2D eigenvalue weighted by molar-refractivity contribution is 0.0968. The van der Waals surface area contributed by atoms with Crippen LogP contribution in [0.3, 0.4) is 0 Å². The van der Waals surface area contributed by atoms with E-state index in [1.807, 2.05) is 20.8 Å². The molecule has 3 heteroatoms. The van der Waals surface area contributed by atoms with E-state index in [0.29, 0.717) is 35.9 Å². The Balaban J connectivity index is 2.77. The standard InChI is InChI=1S/C14H21NO2/c1-4-7-17-14-6-5-11(9-12(14)15)13(16)8-10(2)3/h5-6,9-10H,4,7-8,15H2,1-3H3. The van der Waals surface area contributed by atoms with Gasteiger partial charge >= 0.3 is 0 Å². The molecule has 2 N–H and O–H groups in total. The molecule has 0 aliphatic heterocycles. The Morgan fingerprint density at radius 3 is 2.65 bits per heavy atom. The predicted octanol–water partition coefficient (Wildman–Crippen LogP) is 3.29. The molecule has 0 fully saturated rings. The van der Waals surface area contributed by atoms with Gasteiger partial charge < -0.3 is 10.5 Å². The number of benzene rings is 1. The van der Waals surface area contributed by atoms with Gasteiger partial charge in [-0.3, -0.25) is 4.79 Å². The van der Waals surface area contributed by atoms with Crippen molar-refractivity contribution in [3.63, 3.8) is 0 Å². The summed E-state index contributed by atoms with van der Waals surface area (Å²) >= 11 is 0. The highest BCUT2D eigenvalue weighted by atomic mass is 16.5. The van der Waals surface area contributed by atoms with Crippen LogP contribution in [0.1, 0.15) is 44.0 Å². The molecule has 0 saturated carbocycles. The Bertz CT molecular complexity index is 386. The van der Waals surface area contributed by atoms with Crippen LogP contribution in [0.25, 0.3) is 0 Å². The molecular formula is C14H21NO2. The molecule has 94 valence electrons. The van der Waals surface area contributed by atoms with Crippen molar-refractivity contribution in [3.8, 4) is 5.75 Å². The van der Waals surface area contributed by atoms with Crippen molar-refractivity contribution in [3.05, 3.63) is 23.8 Å². The van der Waals surface area contributed by atoms with Gasteiger partial charge in [0.25, 0.3) is 0 Å². The van der Waals surface area contributed by atoms with Crippen LogP contribution in [-0.2, 0) is 0 Å². The zero-order valence-electron chi connectivity index (χ0n) is 10.8. The van der Waals surface area contributed by atoms with Crippen molar-refractivity contribution in [1.29, 1.82) is 0 Å². The first-order chi connectivity index (χ1) is 8.04. The summed E-state index contributed by atoms with van der Waals surface area (Å²) in [6.45, 7) is 6.74. The number of carbonyl (C=O) groups is 1. The van der Waals surface area contributed by atoms with E-state index in [4.69, 9.17) is 10.5 Å². The average Bonchev–Trinajstić information content (AvgIpc) is 2.26. The highest BCUT2D eigenvalue weighted by Crippen LogP contribution is 2.23. The van der Waals surface area contributed by atoms with Gasteiger partial charge in [0.15, 0.2) is 5.78 Å². The quantitative estimate of drug-likeness (QED) is 0.608. The smallest absolute Gasteiger partial charge is 0.163 e. The van der Waals surface area contributed by atoms with Gasteiger partial charge in [0.05, 0.1) is 12.3 Å². The van der Waals surface area contributed by atoms with E-state index in [-0.39, 0.29) is 5.78 Å². The van der Waals surface area contributed by atoms with Crippen LogP contribution in [0.5, 0.6) is 5.75 Å². The zero-order valence-corrected chi connectivity index (χ0v) is 10.8. The second-order valence-corrected chi connectivity index (χ2v) is 4.62. The monoisotopic (exact) mass is 235 g/mol. The molecule has 0 radical (unpaired) electrons. The first-order valence-electron chi connectivity index (χ1n) is 6.10. The number of ether oxygens (including phenoxy) is 1. The number of carbonyl (C=O) groups excluding carboxylic acids is 1. The van der Waals surface area contributed by atoms with E-state index >= 15 is 0 Å². The molecule has 0 heterocycles. The van der Waals surface area contributed by atoms with Crippen molar-refractivity contribution >= 4 is 11.5 Å². The number of rotatable bonds is 6. The van der Waals surface area contributed by atoms with E-state index in [0.717, 1.165) is 6.42 Å². The van der Waals surface area contributed by atoms with Crippen LogP contribution in [0.4, 0.5) is 5.69 Å². The SMILES string of the molecule is CCCOc1ccc(C(=O)CC(C)C)cc1N. The molecule has 0 aromatic heterocycles.